The number of nitrogens with two attached hydrogens (primary N) is 1. The van der Waals surface area contributed by atoms with E-state index in [4.69, 9.17) is 5.73 Å². The summed E-state index contributed by atoms with van der Waals surface area (Å²) in [5.74, 6) is -0.648. The second-order valence-electron chi connectivity index (χ2n) is 5.77. The van der Waals surface area contributed by atoms with Crippen LogP contribution in [0.2, 0.25) is 0 Å². The maximum atomic E-state index is 12.3. The van der Waals surface area contributed by atoms with Crippen LogP contribution in [0.15, 0.2) is 52.3 Å². The van der Waals surface area contributed by atoms with Gasteiger partial charge in [-0.3, -0.25) is 9.59 Å². The molecule has 0 fully saturated rings. The van der Waals surface area contributed by atoms with Crippen molar-refractivity contribution in [3.8, 4) is 10.6 Å². The quantitative estimate of drug-likeness (QED) is 0.638. The predicted molar refractivity (Wildman–Crippen MR) is 107 cm³/mol. The highest BCUT2D eigenvalue weighted by Crippen LogP contribution is 2.26. The molecule has 0 radical (unpaired) electrons. The van der Waals surface area contributed by atoms with E-state index < -0.39 is 5.91 Å². The number of halogens is 1. The van der Waals surface area contributed by atoms with Gasteiger partial charge in [0.1, 0.15) is 5.01 Å². The first kappa shape index (κ1) is 18.3. The molecule has 26 heavy (non-hydrogen) atoms. The summed E-state index contributed by atoms with van der Waals surface area (Å²) in [6.45, 7) is 1.78. The minimum absolute atomic E-state index is 0.165. The summed E-state index contributed by atoms with van der Waals surface area (Å²) in [4.78, 5) is 28.1. The van der Waals surface area contributed by atoms with Gasteiger partial charge >= 0.3 is 0 Å². The molecule has 1 aromatic heterocycles. The van der Waals surface area contributed by atoms with Crippen LogP contribution >= 0.6 is 27.3 Å². The van der Waals surface area contributed by atoms with Gasteiger partial charge < -0.3 is 11.1 Å². The van der Waals surface area contributed by atoms with Crippen molar-refractivity contribution < 1.29 is 9.59 Å². The van der Waals surface area contributed by atoms with Gasteiger partial charge in [0.05, 0.1) is 12.1 Å². The second kappa shape index (κ2) is 7.80. The number of hydrogen-bond donors (Lipinski definition) is 2. The largest absolute Gasteiger partial charge is 0.366 e. The minimum Gasteiger partial charge on any atom is -0.366 e. The lowest BCUT2D eigenvalue weighted by atomic mass is 10.1. The number of primary amides is 1. The fraction of sp³-hybridized carbons (Fsp3) is 0.105. The van der Waals surface area contributed by atoms with E-state index in [0.717, 1.165) is 20.6 Å². The first-order valence-electron chi connectivity index (χ1n) is 7.83. The lowest BCUT2D eigenvalue weighted by Gasteiger charge is -2.07. The number of thiazole rings is 1. The number of benzene rings is 2. The summed E-state index contributed by atoms with van der Waals surface area (Å²) in [5, 5.41) is 5.58. The zero-order chi connectivity index (χ0) is 18.7. The molecule has 0 saturated heterocycles. The molecular formula is C19H16BrN3O2S. The van der Waals surface area contributed by atoms with Crippen molar-refractivity contribution in [1.29, 1.82) is 0 Å². The molecule has 0 atom stereocenters. The zero-order valence-corrected chi connectivity index (χ0v) is 16.4. The molecule has 3 N–H and O–H groups in total. The van der Waals surface area contributed by atoms with E-state index in [1.54, 1.807) is 25.1 Å². The molecule has 0 aliphatic heterocycles. The molecule has 1 heterocycles. The van der Waals surface area contributed by atoms with Crippen LogP contribution in [0.25, 0.3) is 10.6 Å². The smallest absolute Gasteiger partial charge is 0.248 e. The lowest BCUT2D eigenvalue weighted by molar-refractivity contribution is -0.115. The summed E-state index contributed by atoms with van der Waals surface area (Å²) in [6, 6.07) is 12.9. The number of aromatic nitrogens is 1. The fourth-order valence-corrected chi connectivity index (χ4v) is 3.75. The van der Waals surface area contributed by atoms with Crippen LogP contribution in [-0.2, 0) is 11.2 Å². The van der Waals surface area contributed by atoms with E-state index in [9.17, 15) is 9.59 Å². The highest BCUT2D eigenvalue weighted by Gasteiger charge is 2.11. The molecule has 0 unspecified atom stereocenters. The number of carbonyl (C=O) groups excluding carboxylic acids is 2. The molecule has 0 saturated carbocycles. The number of hydrogen-bond acceptors (Lipinski definition) is 4. The van der Waals surface area contributed by atoms with Crippen LogP contribution in [0.5, 0.6) is 0 Å². The summed E-state index contributed by atoms with van der Waals surface area (Å²) < 4.78 is 0.985. The van der Waals surface area contributed by atoms with Crippen molar-refractivity contribution in [2.24, 2.45) is 5.73 Å². The van der Waals surface area contributed by atoms with Crippen LogP contribution in [0.4, 0.5) is 5.69 Å². The number of carbonyl (C=O) groups is 2. The van der Waals surface area contributed by atoms with Gasteiger partial charge in [0.25, 0.3) is 0 Å². The third-order valence-corrected chi connectivity index (χ3v) is 5.17. The van der Waals surface area contributed by atoms with Gasteiger partial charge in [-0.05, 0) is 42.8 Å². The molecule has 3 rings (SSSR count). The van der Waals surface area contributed by atoms with Gasteiger partial charge in [-0.15, -0.1) is 11.3 Å². The molecule has 5 nitrogen and oxygen atoms in total. The van der Waals surface area contributed by atoms with Crippen molar-refractivity contribution in [3.63, 3.8) is 0 Å². The number of rotatable bonds is 5. The second-order valence-corrected chi connectivity index (χ2v) is 7.55. The molecule has 0 aliphatic carbocycles. The monoisotopic (exact) mass is 429 g/mol. The van der Waals surface area contributed by atoms with Gasteiger partial charge in [0, 0.05) is 26.7 Å². The van der Waals surface area contributed by atoms with Crippen molar-refractivity contribution in [2.45, 2.75) is 13.3 Å². The first-order chi connectivity index (χ1) is 12.4. The summed E-state index contributed by atoms with van der Waals surface area (Å²) >= 11 is 4.95. The van der Waals surface area contributed by atoms with E-state index in [2.05, 4.69) is 26.2 Å². The number of nitrogens with one attached hydrogen (secondary N) is 1. The Kier molecular flexibility index (Phi) is 5.49. The highest BCUT2D eigenvalue weighted by molar-refractivity contribution is 9.10. The number of anilines is 1. The average molecular weight is 430 g/mol. The minimum atomic E-state index is -0.483. The third kappa shape index (κ3) is 4.36. The molecule has 2 aromatic carbocycles. The Hall–Kier alpha value is -2.51. The fourth-order valence-electron chi connectivity index (χ4n) is 2.53. The van der Waals surface area contributed by atoms with Gasteiger partial charge in [-0.1, -0.05) is 28.1 Å². The summed E-state index contributed by atoms with van der Waals surface area (Å²) in [6.07, 6.45) is 0.182. The summed E-state index contributed by atoms with van der Waals surface area (Å²) in [7, 11) is 0. The molecular weight excluding hydrogens is 414 g/mol. The maximum Gasteiger partial charge on any atom is 0.248 e. The lowest BCUT2D eigenvalue weighted by Crippen LogP contribution is -2.16. The Balaban J connectivity index is 1.67. The molecule has 7 heteroatoms. The SMILES string of the molecule is Cc1cc(NC(=O)Cc2csc(-c3cccc(Br)c3)n2)ccc1C(N)=O. The predicted octanol–water partition coefficient (Wildman–Crippen LogP) is 4.16. The van der Waals surface area contributed by atoms with Crippen LogP contribution in [0, 0.1) is 6.92 Å². The Bertz CT molecular complexity index is 984. The molecule has 0 bridgehead atoms. The van der Waals surface area contributed by atoms with Crippen molar-refractivity contribution in [1.82, 2.24) is 4.98 Å². The number of amides is 2. The molecule has 132 valence electrons. The van der Waals surface area contributed by atoms with E-state index in [1.165, 1.54) is 11.3 Å². The first-order valence-corrected chi connectivity index (χ1v) is 9.50. The molecule has 0 spiro atoms. The Morgan fingerprint density at radius 3 is 2.73 bits per heavy atom. The van der Waals surface area contributed by atoms with Crippen LogP contribution < -0.4 is 11.1 Å². The highest BCUT2D eigenvalue weighted by atomic mass is 79.9. The van der Waals surface area contributed by atoms with E-state index in [0.29, 0.717) is 16.9 Å². The molecule has 2 amide bonds. The van der Waals surface area contributed by atoms with Crippen molar-refractivity contribution in [3.05, 3.63) is 69.1 Å². The van der Waals surface area contributed by atoms with Crippen LogP contribution in [0.3, 0.4) is 0 Å². The normalized spacial score (nSPS) is 10.5. The molecule has 3 aromatic rings. The zero-order valence-electron chi connectivity index (χ0n) is 14.0. The van der Waals surface area contributed by atoms with E-state index in [-0.39, 0.29) is 12.3 Å². The Labute approximate surface area is 163 Å². The summed E-state index contributed by atoms with van der Waals surface area (Å²) in [5.41, 5.74) is 8.81. The van der Waals surface area contributed by atoms with E-state index >= 15 is 0 Å². The van der Waals surface area contributed by atoms with Crippen molar-refractivity contribution >= 4 is 44.8 Å². The third-order valence-electron chi connectivity index (χ3n) is 3.74. The Morgan fingerprint density at radius 2 is 2.04 bits per heavy atom. The number of nitrogens with zero attached hydrogens (tertiary/aromatic N) is 1. The number of aryl methyl sites for hydroxylation is 1. The van der Waals surface area contributed by atoms with Gasteiger partial charge in [0.15, 0.2) is 0 Å². The molecule has 0 aliphatic rings. The average Bonchev–Trinajstić information content (AvgIpc) is 3.03. The van der Waals surface area contributed by atoms with Gasteiger partial charge in [-0.25, -0.2) is 4.98 Å². The Morgan fingerprint density at radius 1 is 1.23 bits per heavy atom. The van der Waals surface area contributed by atoms with Crippen LogP contribution in [0.1, 0.15) is 21.6 Å². The van der Waals surface area contributed by atoms with Crippen LogP contribution in [-0.4, -0.2) is 16.8 Å². The van der Waals surface area contributed by atoms with E-state index in [1.807, 2.05) is 29.6 Å². The van der Waals surface area contributed by atoms with Crippen molar-refractivity contribution in [2.75, 3.05) is 5.32 Å². The topological polar surface area (TPSA) is 85.1 Å². The van der Waals surface area contributed by atoms with Gasteiger partial charge in [0.2, 0.25) is 11.8 Å². The van der Waals surface area contributed by atoms with Gasteiger partial charge in [-0.2, -0.15) is 0 Å². The standard InChI is InChI=1S/C19H16BrN3O2S/c1-11-7-14(5-6-16(11)18(21)25)22-17(24)9-15-10-26-19(23-15)12-3-2-4-13(20)8-12/h2-8,10H,9H2,1H3,(H2,21,25)(H,22,24). The maximum absolute atomic E-state index is 12.3.